The number of carbonyl (C=O) groups is 1. The fraction of sp³-hybridized carbons (Fsp3) is 0.350. The van der Waals surface area contributed by atoms with Crippen LogP contribution in [-0.4, -0.2) is 27.3 Å². The van der Waals surface area contributed by atoms with E-state index >= 15 is 0 Å². The molecular formula is C20H20FN3O2S. The second-order valence-corrected chi connectivity index (χ2v) is 7.94. The average Bonchev–Trinajstić information content (AvgIpc) is 3.36. The molecule has 1 amide bonds. The molecule has 0 bridgehead atoms. The minimum Gasteiger partial charge on any atom is -0.443 e. The van der Waals surface area contributed by atoms with Crippen LogP contribution < -0.4 is 0 Å². The summed E-state index contributed by atoms with van der Waals surface area (Å²) >= 11 is 1.42. The Morgan fingerprint density at radius 3 is 2.93 bits per heavy atom. The predicted molar refractivity (Wildman–Crippen MR) is 100 cm³/mol. The lowest BCUT2D eigenvalue weighted by Crippen LogP contribution is -2.30. The molecule has 0 spiro atoms. The normalized spacial score (nSPS) is 16.9. The van der Waals surface area contributed by atoms with Gasteiger partial charge < -0.3 is 9.32 Å². The first-order chi connectivity index (χ1) is 13.0. The van der Waals surface area contributed by atoms with E-state index in [0.29, 0.717) is 35.1 Å². The number of amides is 1. The molecule has 0 radical (unpaired) electrons. The minimum atomic E-state index is -0.260. The number of oxazole rings is 1. The summed E-state index contributed by atoms with van der Waals surface area (Å²) in [5.41, 5.74) is 1.33. The third-order valence-electron chi connectivity index (χ3n) is 4.79. The van der Waals surface area contributed by atoms with Gasteiger partial charge in [-0.2, -0.15) is 0 Å². The predicted octanol–water partition coefficient (Wildman–Crippen LogP) is 4.46. The summed E-state index contributed by atoms with van der Waals surface area (Å²) in [6, 6.07) is 6.44. The Bertz CT molecular complexity index is 981. The molecule has 1 aliphatic rings. The van der Waals surface area contributed by atoms with Gasteiger partial charge >= 0.3 is 0 Å². The van der Waals surface area contributed by atoms with E-state index in [0.717, 1.165) is 23.5 Å². The molecule has 3 heterocycles. The standard InChI is InChI=1S/C20H20FN3O2S/c1-12-18(27-13(2)23-12)20(25)24-9-5-8-17(24)19-22-11-15(26-19)10-14-6-3-4-7-16(14)21/h3-4,6-7,11,17H,5,8-10H2,1-2H3/t17-/m1/s1. The monoisotopic (exact) mass is 385 g/mol. The van der Waals surface area contributed by atoms with Crippen molar-refractivity contribution < 1.29 is 13.6 Å². The number of nitrogens with zero attached hydrogens (tertiary/aromatic N) is 3. The Labute approximate surface area is 160 Å². The van der Waals surface area contributed by atoms with Gasteiger partial charge in [0.25, 0.3) is 5.91 Å². The number of hydrogen-bond donors (Lipinski definition) is 0. The van der Waals surface area contributed by atoms with E-state index in [4.69, 9.17) is 4.42 Å². The first-order valence-electron chi connectivity index (χ1n) is 8.96. The number of aryl methyl sites for hydroxylation is 2. The van der Waals surface area contributed by atoms with Gasteiger partial charge in [0.15, 0.2) is 0 Å². The van der Waals surface area contributed by atoms with E-state index in [1.807, 2.05) is 18.7 Å². The van der Waals surface area contributed by atoms with Gasteiger partial charge in [-0.25, -0.2) is 14.4 Å². The highest BCUT2D eigenvalue weighted by Gasteiger charge is 2.35. The van der Waals surface area contributed by atoms with Crippen LogP contribution in [0.15, 0.2) is 34.9 Å². The third kappa shape index (κ3) is 3.51. The molecule has 0 unspecified atom stereocenters. The van der Waals surface area contributed by atoms with Gasteiger partial charge in [0.05, 0.1) is 16.9 Å². The van der Waals surface area contributed by atoms with E-state index < -0.39 is 0 Å². The Balaban J connectivity index is 1.54. The molecule has 0 saturated carbocycles. The number of carbonyl (C=O) groups excluding carboxylic acids is 1. The molecule has 140 valence electrons. The molecule has 1 aliphatic heterocycles. The molecule has 3 aromatic rings. The van der Waals surface area contributed by atoms with Gasteiger partial charge in [0.2, 0.25) is 5.89 Å². The lowest BCUT2D eigenvalue weighted by molar-refractivity contribution is 0.0718. The molecule has 27 heavy (non-hydrogen) atoms. The maximum Gasteiger partial charge on any atom is 0.266 e. The van der Waals surface area contributed by atoms with Crippen LogP contribution in [-0.2, 0) is 6.42 Å². The van der Waals surface area contributed by atoms with Crippen molar-refractivity contribution in [3.8, 4) is 0 Å². The molecule has 1 aromatic carbocycles. The van der Waals surface area contributed by atoms with Gasteiger partial charge in [0.1, 0.15) is 22.5 Å². The van der Waals surface area contributed by atoms with Crippen LogP contribution in [0.2, 0.25) is 0 Å². The van der Waals surface area contributed by atoms with Crippen molar-refractivity contribution >= 4 is 17.2 Å². The molecular weight excluding hydrogens is 365 g/mol. The zero-order valence-electron chi connectivity index (χ0n) is 15.2. The summed E-state index contributed by atoms with van der Waals surface area (Å²) in [4.78, 5) is 24.2. The van der Waals surface area contributed by atoms with Crippen molar-refractivity contribution in [1.29, 1.82) is 0 Å². The topological polar surface area (TPSA) is 59.2 Å². The summed E-state index contributed by atoms with van der Waals surface area (Å²) in [7, 11) is 0. The average molecular weight is 385 g/mol. The molecule has 5 nitrogen and oxygen atoms in total. The van der Waals surface area contributed by atoms with Crippen LogP contribution in [0.3, 0.4) is 0 Å². The highest BCUT2D eigenvalue weighted by Crippen LogP contribution is 2.34. The summed E-state index contributed by atoms with van der Waals surface area (Å²) in [5, 5.41) is 0.884. The van der Waals surface area contributed by atoms with Crippen LogP contribution in [0, 0.1) is 19.7 Å². The van der Waals surface area contributed by atoms with Gasteiger partial charge in [-0.05, 0) is 38.3 Å². The number of aromatic nitrogens is 2. The van der Waals surface area contributed by atoms with E-state index in [1.165, 1.54) is 17.4 Å². The number of likely N-dealkylation sites (tertiary alicyclic amines) is 1. The van der Waals surface area contributed by atoms with E-state index in [1.54, 1.807) is 24.4 Å². The number of hydrogen-bond acceptors (Lipinski definition) is 5. The maximum absolute atomic E-state index is 13.9. The molecule has 0 N–H and O–H groups in total. The van der Waals surface area contributed by atoms with Crippen LogP contribution >= 0.6 is 11.3 Å². The SMILES string of the molecule is Cc1nc(C)c(C(=O)N2CCC[C@@H]2c2ncc(Cc3ccccc3F)o2)s1. The van der Waals surface area contributed by atoms with Crippen molar-refractivity contribution in [3.63, 3.8) is 0 Å². The van der Waals surface area contributed by atoms with E-state index in [2.05, 4.69) is 9.97 Å². The minimum absolute atomic E-state index is 0.0190. The van der Waals surface area contributed by atoms with Gasteiger partial charge in [-0.3, -0.25) is 4.79 Å². The van der Waals surface area contributed by atoms with E-state index in [9.17, 15) is 9.18 Å². The van der Waals surface area contributed by atoms with Crippen molar-refractivity contribution in [3.05, 3.63) is 69.1 Å². The first-order valence-corrected chi connectivity index (χ1v) is 9.77. The molecule has 1 fully saturated rings. The van der Waals surface area contributed by atoms with Crippen LogP contribution in [0.4, 0.5) is 4.39 Å². The molecule has 2 aromatic heterocycles. The Morgan fingerprint density at radius 2 is 2.19 bits per heavy atom. The Hall–Kier alpha value is -2.54. The number of thiazole rings is 1. The summed E-state index contributed by atoms with van der Waals surface area (Å²) in [6.45, 7) is 4.43. The Kier molecular flexibility index (Phi) is 4.78. The van der Waals surface area contributed by atoms with Crippen molar-refractivity contribution in [1.82, 2.24) is 14.9 Å². The third-order valence-corrected chi connectivity index (χ3v) is 5.85. The van der Waals surface area contributed by atoms with Crippen LogP contribution in [0.5, 0.6) is 0 Å². The largest absolute Gasteiger partial charge is 0.443 e. The second-order valence-electron chi connectivity index (χ2n) is 6.74. The van der Waals surface area contributed by atoms with Crippen molar-refractivity contribution in [2.24, 2.45) is 0 Å². The van der Waals surface area contributed by atoms with Crippen molar-refractivity contribution in [2.45, 2.75) is 39.2 Å². The smallest absolute Gasteiger partial charge is 0.266 e. The van der Waals surface area contributed by atoms with Gasteiger partial charge in [0, 0.05) is 13.0 Å². The molecule has 4 rings (SSSR count). The number of benzene rings is 1. The molecule has 1 atom stereocenters. The van der Waals surface area contributed by atoms with Crippen LogP contribution in [0.25, 0.3) is 0 Å². The molecule has 0 aliphatic carbocycles. The zero-order valence-corrected chi connectivity index (χ0v) is 16.1. The number of rotatable bonds is 4. The highest BCUT2D eigenvalue weighted by atomic mass is 32.1. The quantitative estimate of drug-likeness (QED) is 0.665. The Morgan fingerprint density at radius 1 is 1.37 bits per heavy atom. The summed E-state index contributed by atoms with van der Waals surface area (Å²) in [5.74, 6) is 0.837. The zero-order chi connectivity index (χ0) is 19.0. The first kappa shape index (κ1) is 17.9. The van der Waals surface area contributed by atoms with Gasteiger partial charge in [-0.15, -0.1) is 11.3 Å². The second kappa shape index (κ2) is 7.23. The lowest BCUT2D eigenvalue weighted by Gasteiger charge is -2.21. The van der Waals surface area contributed by atoms with E-state index in [-0.39, 0.29) is 17.8 Å². The van der Waals surface area contributed by atoms with Gasteiger partial charge in [-0.1, -0.05) is 18.2 Å². The van der Waals surface area contributed by atoms with Crippen molar-refractivity contribution in [2.75, 3.05) is 6.54 Å². The summed E-state index contributed by atoms with van der Waals surface area (Å²) in [6.07, 6.45) is 3.68. The molecule has 7 heteroatoms. The summed E-state index contributed by atoms with van der Waals surface area (Å²) < 4.78 is 19.8. The molecule has 1 saturated heterocycles. The van der Waals surface area contributed by atoms with Crippen LogP contribution in [0.1, 0.15) is 56.5 Å². The number of halogens is 1. The highest BCUT2D eigenvalue weighted by molar-refractivity contribution is 7.13. The maximum atomic E-state index is 13.9. The fourth-order valence-corrected chi connectivity index (χ4v) is 4.39. The fourth-order valence-electron chi connectivity index (χ4n) is 3.51. The lowest BCUT2D eigenvalue weighted by atomic mass is 10.1.